The monoisotopic (exact) mass is 311 g/mol. The van der Waals surface area contributed by atoms with Gasteiger partial charge in [0.2, 0.25) is 10.0 Å². The zero-order valence-corrected chi connectivity index (χ0v) is 13.6. The summed E-state index contributed by atoms with van der Waals surface area (Å²) in [6.07, 6.45) is 5.24. The lowest BCUT2D eigenvalue weighted by Gasteiger charge is -2.36. The van der Waals surface area contributed by atoms with Crippen LogP contribution in [0.1, 0.15) is 38.3 Å². The summed E-state index contributed by atoms with van der Waals surface area (Å²) in [6, 6.07) is 3.68. The van der Waals surface area contributed by atoms with E-state index in [1.54, 1.807) is 16.7 Å². The van der Waals surface area contributed by atoms with E-state index in [9.17, 15) is 8.42 Å². The van der Waals surface area contributed by atoms with Gasteiger partial charge in [-0.25, -0.2) is 8.42 Å². The average Bonchev–Trinajstić information content (AvgIpc) is 2.53. The smallest absolute Gasteiger partial charge is 0.215 e. The zero-order chi connectivity index (χ0) is 15.3. The molecule has 1 unspecified atom stereocenters. The maximum Gasteiger partial charge on any atom is 0.215 e. The Balaban J connectivity index is 2.22. The Bertz CT molecular complexity index is 529. The van der Waals surface area contributed by atoms with Crippen molar-refractivity contribution < 1.29 is 8.42 Å². The van der Waals surface area contributed by atoms with Crippen molar-refractivity contribution in [3.63, 3.8) is 0 Å². The highest BCUT2D eigenvalue weighted by molar-refractivity contribution is 7.89. The van der Waals surface area contributed by atoms with Gasteiger partial charge in [-0.15, -0.1) is 0 Å². The molecular weight excluding hydrogens is 286 g/mol. The summed E-state index contributed by atoms with van der Waals surface area (Å²) >= 11 is 0. The third kappa shape index (κ3) is 4.02. The number of nitrogens with one attached hydrogen (secondary N) is 1. The van der Waals surface area contributed by atoms with Crippen molar-refractivity contribution in [2.75, 3.05) is 25.4 Å². The summed E-state index contributed by atoms with van der Waals surface area (Å²) in [7, 11) is -3.23. The minimum atomic E-state index is -3.23. The molecule has 1 aliphatic rings. The summed E-state index contributed by atoms with van der Waals surface area (Å²) in [4.78, 5) is 4.01. The molecule has 0 amide bonds. The van der Waals surface area contributed by atoms with Crippen LogP contribution >= 0.6 is 0 Å². The number of pyridine rings is 1. The van der Waals surface area contributed by atoms with Crippen LogP contribution in [0, 0.1) is 5.92 Å². The lowest BCUT2D eigenvalue weighted by Crippen LogP contribution is -2.49. The Morgan fingerprint density at radius 3 is 2.62 bits per heavy atom. The van der Waals surface area contributed by atoms with Crippen molar-refractivity contribution in [1.82, 2.24) is 14.6 Å². The Labute approximate surface area is 127 Å². The first-order chi connectivity index (χ1) is 10.1. The van der Waals surface area contributed by atoms with Gasteiger partial charge >= 0.3 is 0 Å². The van der Waals surface area contributed by atoms with Crippen LogP contribution in [0.2, 0.25) is 0 Å². The first kappa shape index (κ1) is 16.4. The predicted octanol–water partition coefficient (Wildman–Crippen LogP) is 1.79. The van der Waals surface area contributed by atoms with E-state index in [1.165, 1.54) is 0 Å². The molecule has 118 valence electrons. The van der Waals surface area contributed by atoms with Gasteiger partial charge in [-0.1, -0.05) is 26.7 Å². The maximum atomic E-state index is 12.8. The van der Waals surface area contributed by atoms with E-state index in [0.29, 0.717) is 19.6 Å². The first-order valence-electron chi connectivity index (χ1n) is 7.68. The molecule has 0 aliphatic carbocycles. The van der Waals surface area contributed by atoms with Gasteiger partial charge < -0.3 is 5.32 Å². The number of aromatic nitrogens is 1. The van der Waals surface area contributed by atoms with Crippen molar-refractivity contribution in [2.24, 2.45) is 5.92 Å². The second kappa shape index (κ2) is 7.33. The van der Waals surface area contributed by atoms with Crippen LogP contribution in [0.15, 0.2) is 24.5 Å². The standard InChI is InChI=1S/C15H25N3O2S/c1-3-13(4-2)12-21(19,20)18-10-9-17-11-15(18)14-5-7-16-8-6-14/h5-8,13,15,17H,3-4,9-12H2,1-2H3. The molecule has 21 heavy (non-hydrogen) atoms. The molecule has 0 spiro atoms. The molecule has 0 radical (unpaired) electrons. The summed E-state index contributed by atoms with van der Waals surface area (Å²) < 4.78 is 27.2. The highest BCUT2D eigenvalue weighted by Gasteiger charge is 2.34. The van der Waals surface area contributed by atoms with Crippen LogP contribution in [0.3, 0.4) is 0 Å². The van der Waals surface area contributed by atoms with Gasteiger partial charge in [0.1, 0.15) is 0 Å². The van der Waals surface area contributed by atoms with Gasteiger partial charge in [0.05, 0.1) is 11.8 Å². The van der Waals surface area contributed by atoms with E-state index in [-0.39, 0.29) is 17.7 Å². The topological polar surface area (TPSA) is 62.3 Å². The fourth-order valence-corrected chi connectivity index (χ4v) is 5.02. The molecule has 6 heteroatoms. The molecule has 0 aromatic carbocycles. The Morgan fingerprint density at radius 1 is 1.33 bits per heavy atom. The van der Waals surface area contributed by atoms with Crippen LogP contribution in [-0.2, 0) is 10.0 Å². The SMILES string of the molecule is CCC(CC)CS(=O)(=O)N1CCNCC1c1ccncc1. The molecular formula is C15H25N3O2S. The lowest BCUT2D eigenvalue weighted by atomic mass is 10.1. The Kier molecular flexibility index (Phi) is 5.72. The van der Waals surface area contributed by atoms with E-state index in [1.807, 2.05) is 12.1 Å². The molecule has 0 bridgehead atoms. The molecule has 1 aliphatic heterocycles. The van der Waals surface area contributed by atoms with Gasteiger partial charge in [0.15, 0.2) is 0 Å². The number of nitrogens with zero attached hydrogens (tertiary/aromatic N) is 2. The number of sulfonamides is 1. The number of hydrogen-bond donors (Lipinski definition) is 1. The molecule has 1 N–H and O–H groups in total. The van der Waals surface area contributed by atoms with E-state index >= 15 is 0 Å². The van der Waals surface area contributed by atoms with Crippen molar-refractivity contribution in [1.29, 1.82) is 0 Å². The van der Waals surface area contributed by atoms with Crippen molar-refractivity contribution in [3.8, 4) is 0 Å². The maximum absolute atomic E-state index is 12.8. The van der Waals surface area contributed by atoms with Gasteiger partial charge in [-0.05, 0) is 23.6 Å². The van der Waals surface area contributed by atoms with Crippen LogP contribution in [0.25, 0.3) is 0 Å². The molecule has 2 heterocycles. The number of piperazine rings is 1. The Hall–Kier alpha value is -0.980. The van der Waals surface area contributed by atoms with Crippen molar-refractivity contribution in [3.05, 3.63) is 30.1 Å². The number of hydrogen-bond acceptors (Lipinski definition) is 4. The summed E-state index contributed by atoms with van der Waals surface area (Å²) in [5.74, 6) is 0.490. The van der Waals surface area contributed by atoms with Crippen LogP contribution < -0.4 is 5.32 Å². The molecule has 0 saturated carbocycles. The predicted molar refractivity (Wildman–Crippen MR) is 84.4 cm³/mol. The van der Waals surface area contributed by atoms with E-state index in [4.69, 9.17) is 0 Å². The first-order valence-corrected chi connectivity index (χ1v) is 9.29. The van der Waals surface area contributed by atoms with E-state index in [0.717, 1.165) is 18.4 Å². The molecule has 1 fully saturated rings. The minimum absolute atomic E-state index is 0.124. The lowest BCUT2D eigenvalue weighted by molar-refractivity contribution is 0.269. The third-order valence-electron chi connectivity index (χ3n) is 4.24. The van der Waals surface area contributed by atoms with Crippen molar-refractivity contribution >= 4 is 10.0 Å². The van der Waals surface area contributed by atoms with Crippen molar-refractivity contribution in [2.45, 2.75) is 32.7 Å². The van der Waals surface area contributed by atoms with Gasteiger partial charge in [-0.3, -0.25) is 4.98 Å². The normalized spacial score (nSPS) is 20.8. The second-order valence-electron chi connectivity index (χ2n) is 5.57. The Morgan fingerprint density at radius 2 is 2.00 bits per heavy atom. The highest BCUT2D eigenvalue weighted by atomic mass is 32.2. The zero-order valence-electron chi connectivity index (χ0n) is 12.8. The fraction of sp³-hybridized carbons (Fsp3) is 0.667. The summed E-state index contributed by atoms with van der Waals surface area (Å²) in [5, 5.41) is 3.29. The fourth-order valence-electron chi connectivity index (χ4n) is 2.81. The molecule has 5 nitrogen and oxygen atoms in total. The second-order valence-corrected chi connectivity index (χ2v) is 7.54. The number of rotatable bonds is 6. The van der Waals surface area contributed by atoms with Gasteiger partial charge in [0.25, 0.3) is 0 Å². The van der Waals surface area contributed by atoms with E-state index in [2.05, 4.69) is 24.1 Å². The quantitative estimate of drug-likeness (QED) is 0.870. The van der Waals surface area contributed by atoms with Crippen LogP contribution in [0.5, 0.6) is 0 Å². The minimum Gasteiger partial charge on any atom is -0.313 e. The summed E-state index contributed by atoms with van der Waals surface area (Å²) in [5.41, 5.74) is 1.00. The summed E-state index contributed by atoms with van der Waals surface area (Å²) in [6.45, 7) is 6.02. The van der Waals surface area contributed by atoms with Gasteiger partial charge in [0, 0.05) is 32.0 Å². The molecule has 2 rings (SSSR count). The molecule has 1 aromatic rings. The van der Waals surface area contributed by atoms with Crippen LogP contribution in [-0.4, -0.2) is 43.1 Å². The molecule has 1 aromatic heterocycles. The van der Waals surface area contributed by atoms with E-state index < -0.39 is 10.0 Å². The largest absolute Gasteiger partial charge is 0.313 e. The van der Waals surface area contributed by atoms with Crippen LogP contribution in [0.4, 0.5) is 0 Å². The highest BCUT2D eigenvalue weighted by Crippen LogP contribution is 2.26. The molecule has 1 saturated heterocycles. The third-order valence-corrected chi connectivity index (χ3v) is 6.29. The van der Waals surface area contributed by atoms with Gasteiger partial charge in [-0.2, -0.15) is 4.31 Å². The molecule has 1 atom stereocenters. The average molecular weight is 311 g/mol.